The Bertz CT molecular complexity index is 522. The largest absolute Gasteiger partial charge is 0.326 e. The second-order valence-electron chi connectivity index (χ2n) is 4.20. The maximum Gasteiger partial charge on any atom is 0.257 e. The summed E-state index contributed by atoms with van der Waals surface area (Å²) in [6, 6.07) is -0.170. The van der Waals surface area contributed by atoms with Crippen LogP contribution in [0.1, 0.15) is 6.42 Å². The van der Waals surface area contributed by atoms with Gasteiger partial charge in [-0.1, -0.05) is 0 Å². The number of rotatable bonds is 4. The lowest BCUT2D eigenvalue weighted by atomic mass is 10.3. The molecule has 1 atom stereocenters. The zero-order valence-corrected chi connectivity index (χ0v) is 11.6. The molecule has 1 aromatic rings. The third-order valence-corrected chi connectivity index (χ3v) is 4.58. The number of sulfonamides is 1. The van der Waals surface area contributed by atoms with E-state index >= 15 is 0 Å². The van der Waals surface area contributed by atoms with E-state index in [9.17, 15) is 17.2 Å². The van der Waals surface area contributed by atoms with Gasteiger partial charge in [-0.05, 0) is 6.42 Å². The average molecular weight is 317 g/mol. The van der Waals surface area contributed by atoms with Crippen molar-refractivity contribution in [1.29, 1.82) is 0 Å². The molecule has 0 saturated carbocycles. The third kappa shape index (κ3) is 3.62. The van der Waals surface area contributed by atoms with Crippen molar-refractivity contribution >= 4 is 22.4 Å². The molecule has 1 saturated heterocycles. The van der Waals surface area contributed by atoms with Crippen LogP contribution in [0.4, 0.5) is 8.78 Å². The second kappa shape index (κ2) is 6.12. The lowest BCUT2D eigenvalue weighted by molar-refractivity contribution is 0.121. The Balaban J connectivity index is 0.00000180. The second-order valence-corrected chi connectivity index (χ2v) is 6.14. The van der Waals surface area contributed by atoms with Crippen LogP contribution in [-0.2, 0) is 16.6 Å². The van der Waals surface area contributed by atoms with E-state index in [2.05, 4.69) is 5.10 Å². The van der Waals surface area contributed by atoms with Gasteiger partial charge in [0.05, 0.1) is 6.20 Å². The Morgan fingerprint density at radius 3 is 2.74 bits per heavy atom. The molecule has 0 amide bonds. The van der Waals surface area contributed by atoms with Crippen LogP contribution in [-0.4, -0.2) is 48.1 Å². The Kier molecular flexibility index (Phi) is 5.25. The first-order valence-electron chi connectivity index (χ1n) is 5.46. The summed E-state index contributed by atoms with van der Waals surface area (Å²) in [5.74, 6) is 0. The van der Waals surface area contributed by atoms with Crippen LogP contribution in [0.15, 0.2) is 17.3 Å². The van der Waals surface area contributed by atoms with Gasteiger partial charge in [0, 0.05) is 25.3 Å². The first-order valence-corrected chi connectivity index (χ1v) is 6.90. The van der Waals surface area contributed by atoms with Gasteiger partial charge in [0.1, 0.15) is 11.4 Å². The van der Waals surface area contributed by atoms with Gasteiger partial charge in [0.25, 0.3) is 6.43 Å². The lowest BCUT2D eigenvalue weighted by Gasteiger charge is -2.14. The molecule has 0 radical (unpaired) electrons. The SMILES string of the molecule is Cl.N[C@@H]1CCN(S(=O)(=O)c2cnn(CC(F)F)c2)C1. The summed E-state index contributed by atoms with van der Waals surface area (Å²) in [5, 5.41) is 3.61. The minimum absolute atomic E-state index is 0. The normalized spacial score (nSPS) is 20.7. The molecule has 110 valence electrons. The molecule has 0 aliphatic carbocycles. The Morgan fingerprint density at radius 2 is 2.21 bits per heavy atom. The molecule has 10 heteroatoms. The summed E-state index contributed by atoms with van der Waals surface area (Å²) in [6.45, 7) is -0.0130. The van der Waals surface area contributed by atoms with E-state index in [0.29, 0.717) is 13.0 Å². The number of nitrogens with two attached hydrogens (primary N) is 1. The summed E-state index contributed by atoms with van der Waals surface area (Å²) in [5.41, 5.74) is 5.64. The van der Waals surface area contributed by atoms with Crippen molar-refractivity contribution in [3.05, 3.63) is 12.4 Å². The lowest BCUT2D eigenvalue weighted by Crippen LogP contribution is -2.31. The average Bonchev–Trinajstić information content (AvgIpc) is 2.86. The van der Waals surface area contributed by atoms with E-state index < -0.39 is 23.0 Å². The molecule has 0 unspecified atom stereocenters. The molecule has 0 spiro atoms. The van der Waals surface area contributed by atoms with Gasteiger partial charge in [-0.3, -0.25) is 4.68 Å². The van der Waals surface area contributed by atoms with E-state index in [1.54, 1.807) is 0 Å². The van der Waals surface area contributed by atoms with Crippen LogP contribution >= 0.6 is 12.4 Å². The first kappa shape index (κ1) is 16.3. The highest BCUT2D eigenvalue weighted by atomic mass is 35.5. The van der Waals surface area contributed by atoms with Crippen molar-refractivity contribution in [3.63, 3.8) is 0 Å². The number of nitrogens with zero attached hydrogens (tertiary/aromatic N) is 3. The number of halogens is 3. The molecule has 6 nitrogen and oxygen atoms in total. The van der Waals surface area contributed by atoms with Crippen molar-refractivity contribution < 1.29 is 17.2 Å². The Labute approximate surface area is 116 Å². The number of alkyl halides is 2. The maximum absolute atomic E-state index is 12.1. The quantitative estimate of drug-likeness (QED) is 0.866. The van der Waals surface area contributed by atoms with E-state index in [0.717, 1.165) is 17.1 Å². The van der Waals surface area contributed by atoms with Crippen molar-refractivity contribution in [2.45, 2.75) is 30.3 Å². The molecule has 0 aromatic carbocycles. The van der Waals surface area contributed by atoms with Crippen molar-refractivity contribution in [2.75, 3.05) is 13.1 Å². The van der Waals surface area contributed by atoms with Gasteiger partial charge in [0.15, 0.2) is 0 Å². The molecule has 2 rings (SSSR count). The molecule has 1 aromatic heterocycles. The Morgan fingerprint density at radius 1 is 1.53 bits per heavy atom. The highest BCUT2D eigenvalue weighted by Gasteiger charge is 2.31. The molecule has 2 N–H and O–H groups in total. The zero-order chi connectivity index (χ0) is 13.3. The fraction of sp³-hybridized carbons (Fsp3) is 0.667. The van der Waals surface area contributed by atoms with E-state index in [-0.39, 0.29) is 29.9 Å². The molecule has 1 fully saturated rings. The van der Waals surface area contributed by atoms with Gasteiger partial charge in [-0.2, -0.15) is 9.40 Å². The van der Waals surface area contributed by atoms with Crippen LogP contribution in [0.2, 0.25) is 0 Å². The number of hydrogen-bond acceptors (Lipinski definition) is 4. The summed E-state index contributed by atoms with van der Waals surface area (Å²) < 4.78 is 50.7. The van der Waals surface area contributed by atoms with E-state index in [1.165, 1.54) is 4.31 Å². The zero-order valence-electron chi connectivity index (χ0n) is 9.95. The van der Waals surface area contributed by atoms with E-state index in [1.807, 2.05) is 0 Å². The predicted molar refractivity (Wildman–Crippen MR) is 66.8 cm³/mol. The minimum Gasteiger partial charge on any atom is -0.326 e. The number of aromatic nitrogens is 2. The van der Waals surface area contributed by atoms with Crippen LogP contribution in [0.25, 0.3) is 0 Å². The van der Waals surface area contributed by atoms with E-state index in [4.69, 9.17) is 5.73 Å². The monoisotopic (exact) mass is 316 g/mol. The summed E-state index contributed by atoms with van der Waals surface area (Å²) in [7, 11) is -3.66. The number of hydrogen-bond donors (Lipinski definition) is 1. The minimum atomic E-state index is -3.66. The van der Waals surface area contributed by atoms with Gasteiger partial charge in [-0.15, -0.1) is 12.4 Å². The predicted octanol–water partition coefficient (Wildman–Crippen LogP) is 0.292. The Hall–Kier alpha value is -0.770. The standard InChI is InChI=1S/C9H14F2N4O2S.ClH/c10-9(11)6-14-5-8(3-13-14)18(16,17)15-2-1-7(12)4-15;/h3,5,7,9H,1-2,4,6,12H2;1H/t7-;/m1./s1. The molecule has 0 bridgehead atoms. The van der Waals surface area contributed by atoms with Gasteiger partial charge in [-0.25, -0.2) is 17.2 Å². The molecule has 2 heterocycles. The molecular weight excluding hydrogens is 302 g/mol. The summed E-state index contributed by atoms with van der Waals surface area (Å²) in [6.07, 6.45) is 0.234. The fourth-order valence-electron chi connectivity index (χ4n) is 1.84. The first-order chi connectivity index (χ1) is 8.39. The fourth-order valence-corrected chi connectivity index (χ4v) is 3.31. The molecule has 1 aliphatic rings. The summed E-state index contributed by atoms with van der Waals surface area (Å²) >= 11 is 0. The van der Waals surface area contributed by atoms with Crippen LogP contribution < -0.4 is 5.73 Å². The summed E-state index contributed by atoms with van der Waals surface area (Å²) in [4.78, 5) is -0.0720. The van der Waals surface area contributed by atoms with Crippen LogP contribution in [0, 0.1) is 0 Å². The molecule has 1 aliphatic heterocycles. The third-order valence-electron chi connectivity index (χ3n) is 2.76. The maximum atomic E-state index is 12.1. The van der Waals surface area contributed by atoms with Crippen molar-refractivity contribution in [1.82, 2.24) is 14.1 Å². The van der Waals surface area contributed by atoms with Crippen LogP contribution in [0.3, 0.4) is 0 Å². The van der Waals surface area contributed by atoms with Crippen molar-refractivity contribution in [3.8, 4) is 0 Å². The van der Waals surface area contributed by atoms with Gasteiger partial charge in [0.2, 0.25) is 10.0 Å². The molecular formula is C9H15ClF2N4O2S. The van der Waals surface area contributed by atoms with Crippen molar-refractivity contribution in [2.24, 2.45) is 5.73 Å². The van der Waals surface area contributed by atoms with Gasteiger partial charge < -0.3 is 5.73 Å². The topological polar surface area (TPSA) is 81.2 Å². The van der Waals surface area contributed by atoms with Gasteiger partial charge >= 0.3 is 0 Å². The molecule has 19 heavy (non-hydrogen) atoms. The highest BCUT2D eigenvalue weighted by Crippen LogP contribution is 2.19. The smallest absolute Gasteiger partial charge is 0.257 e. The van der Waals surface area contributed by atoms with Crippen LogP contribution in [0.5, 0.6) is 0 Å². The highest BCUT2D eigenvalue weighted by molar-refractivity contribution is 7.89.